The monoisotopic (exact) mass is 425 g/mol. The second-order valence-corrected chi connectivity index (χ2v) is 7.49. The van der Waals surface area contributed by atoms with Gasteiger partial charge in [-0.2, -0.15) is 0 Å². The number of carbonyl (C=O) groups excluding carboxylic acids is 3. The predicted molar refractivity (Wildman–Crippen MR) is 108 cm³/mol. The minimum atomic E-state index is -1.04. The fourth-order valence-corrected chi connectivity index (χ4v) is 3.98. The molecular formula is C18H31N7O5. The fraction of sp³-hybridized carbons (Fsp3) is 0.722. The van der Waals surface area contributed by atoms with Gasteiger partial charge in [-0.15, -0.1) is 0 Å². The van der Waals surface area contributed by atoms with Gasteiger partial charge in [-0.25, -0.2) is 4.79 Å². The summed E-state index contributed by atoms with van der Waals surface area (Å²) >= 11 is 0. The molecule has 0 radical (unpaired) electrons. The average molecular weight is 425 g/mol. The molecule has 3 unspecified atom stereocenters. The molecular weight excluding hydrogens is 394 g/mol. The van der Waals surface area contributed by atoms with Crippen molar-refractivity contribution in [3.63, 3.8) is 0 Å². The summed E-state index contributed by atoms with van der Waals surface area (Å²) in [6, 6.07) is -2.45. The topological polar surface area (TPSA) is 197 Å². The van der Waals surface area contributed by atoms with E-state index in [0.29, 0.717) is 51.7 Å². The van der Waals surface area contributed by atoms with Gasteiger partial charge in [0.2, 0.25) is 17.7 Å². The zero-order chi connectivity index (χ0) is 22.3. The normalized spacial score (nSPS) is 21.9. The van der Waals surface area contributed by atoms with Crippen LogP contribution in [0.3, 0.4) is 0 Å². The van der Waals surface area contributed by atoms with E-state index in [9.17, 15) is 24.3 Å². The maximum Gasteiger partial charge on any atom is 0.326 e. The van der Waals surface area contributed by atoms with Crippen molar-refractivity contribution in [2.45, 2.75) is 56.7 Å². The van der Waals surface area contributed by atoms with Crippen LogP contribution in [0.4, 0.5) is 0 Å². The van der Waals surface area contributed by atoms with E-state index in [1.54, 1.807) is 0 Å². The van der Waals surface area contributed by atoms with Gasteiger partial charge in [0.15, 0.2) is 5.96 Å². The van der Waals surface area contributed by atoms with Crippen LogP contribution in [0.5, 0.6) is 0 Å². The van der Waals surface area contributed by atoms with Crippen LogP contribution >= 0.6 is 0 Å². The summed E-state index contributed by atoms with van der Waals surface area (Å²) in [5.41, 5.74) is 16.0. The number of carboxylic acid groups (broad SMARTS) is 1. The fourth-order valence-electron chi connectivity index (χ4n) is 3.98. The number of carbonyl (C=O) groups is 4. The van der Waals surface area contributed by atoms with Crippen molar-refractivity contribution in [3.8, 4) is 0 Å². The highest BCUT2D eigenvalue weighted by Gasteiger charge is 2.43. The average Bonchev–Trinajstić information content (AvgIpc) is 3.38. The molecule has 0 aromatic carbocycles. The van der Waals surface area contributed by atoms with Crippen LogP contribution in [0.15, 0.2) is 4.99 Å². The molecule has 3 atom stereocenters. The zero-order valence-corrected chi connectivity index (χ0v) is 17.0. The minimum absolute atomic E-state index is 0.0623. The Balaban J connectivity index is 2.10. The first-order valence-electron chi connectivity index (χ1n) is 10.1. The molecule has 0 bridgehead atoms. The quantitative estimate of drug-likeness (QED) is 0.152. The molecule has 2 heterocycles. The first-order valence-corrected chi connectivity index (χ1v) is 10.1. The van der Waals surface area contributed by atoms with E-state index in [0.717, 1.165) is 0 Å². The second-order valence-electron chi connectivity index (χ2n) is 7.49. The summed E-state index contributed by atoms with van der Waals surface area (Å²) in [7, 11) is 0. The molecule has 30 heavy (non-hydrogen) atoms. The molecule has 0 aliphatic carbocycles. The number of aliphatic carboxylic acids is 1. The predicted octanol–water partition coefficient (Wildman–Crippen LogP) is -2.45. The molecule has 12 nitrogen and oxygen atoms in total. The molecule has 0 saturated carbocycles. The maximum absolute atomic E-state index is 13.2. The van der Waals surface area contributed by atoms with E-state index in [4.69, 9.17) is 17.2 Å². The standard InChI is InChI=1S/C18H31N7O5/c19-10-14(26)23-11(4-1-7-22-18(20)21)15(27)24-8-2-5-12(24)16(28)25-9-3-6-13(25)17(29)30/h11-13H,1-10,19H2,(H,23,26)(H,29,30)(H4,20,21,22). The van der Waals surface area contributed by atoms with E-state index in [-0.39, 0.29) is 30.7 Å². The Bertz CT molecular complexity index is 694. The lowest BCUT2D eigenvalue weighted by Crippen LogP contribution is -2.55. The molecule has 3 amide bonds. The Morgan fingerprint density at radius 2 is 1.70 bits per heavy atom. The van der Waals surface area contributed by atoms with Gasteiger partial charge in [-0.1, -0.05) is 0 Å². The number of guanidine groups is 1. The number of aliphatic imine (C=N–C) groups is 1. The van der Waals surface area contributed by atoms with Crippen molar-refractivity contribution >= 4 is 29.7 Å². The third-order valence-corrected chi connectivity index (χ3v) is 5.41. The van der Waals surface area contributed by atoms with E-state index < -0.39 is 30.0 Å². The van der Waals surface area contributed by atoms with Crippen LogP contribution < -0.4 is 22.5 Å². The van der Waals surface area contributed by atoms with Crippen LogP contribution in [0, 0.1) is 0 Å². The van der Waals surface area contributed by atoms with Gasteiger partial charge in [-0.05, 0) is 38.5 Å². The highest BCUT2D eigenvalue weighted by Crippen LogP contribution is 2.26. The zero-order valence-electron chi connectivity index (χ0n) is 17.0. The lowest BCUT2D eigenvalue weighted by molar-refractivity contribution is -0.152. The number of nitrogens with one attached hydrogen (secondary N) is 1. The van der Waals surface area contributed by atoms with Crippen LogP contribution in [0.1, 0.15) is 38.5 Å². The van der Waals surface area contributed by atoms with Crippen molar-refractivity contribution < 1.29 is 24.3 Å². The minimum Gasteiger partial charge on any atom is -0.480 e. The number of hydrogen-bond acceptors (Lipinski definition) is 6. The molecule has 0 aromatic heterocycles. The van der Waals surface area contributed by atoms with Crippen molar-refractivity contribution in [1.82, 2.24) is 15.1 Å². The van der Waals surface area contributed by atoms with E-state index in [1.807, 2.05) is 0 Å². The van der Waals surface area contributed by atoms with E-state index in [2.05, 4.69) is 10.3 Å². The Morgan fingerprint density at radius 3 is 2.30 bits per heavy atom. The van der Waals surface area contributed by atoms with Crippen LogP contribution in [-0.4, -0.2) is 88.9 Å². The van der Waals surface area contributed by atoms with Gasteiger partial charge in [-0.3, -0.25) is 19.4 Å². The molecule has 0 spiro atoms. The van der Waals surface area contributed by atoms with Gasteiger partial charge < -0.3 is 37.4 Å². The summed E-state index contributed by atoms with van der Waals surface area (Å²) in [5.74, 6) is -2.32. The Morgan fingerprint density at radius 1 is 1.07 bits per heavy atom. The number of amides is 3. The smallest absolute Gasteiger partial charge is 0.326 e. The Kier molecular flexibility index (Phi) is 8.39. The second kappa shape index (κ2) is 10.8. The third kappa shape index (κ3) is 5.81. The highest BCUT2D eigenvalue weighted by molar-refractivity contribution is 5.94. The molecule has 2 fully saturated rings. The summed E-state index contributed by atoms with van der Waals surface area (Å²) in [6.07, 6.45) is 2.82. The largest absolute Gasteiger partial charge is 0.480 e. The summed E-state index contributed by atoms with van der Waals surface area (Å²) in [6.45, 7) is 0.749. The van der Waals surface area contributed by atoms with Crippen molar-refractivity contribution in [2.24, 2.45) is 22.2 Å². The first kappa shape index (κ1) is 23.4. The van der Waals surface area contributed by atoms with Crippen LogP contribution in [0.25, 0.3) is 0 Å². The lowest BCUT2D eigenvalue weighted by atomic mass is 10.1. The molecule has 0 aromatic rings. The van der Waals surface area contributed by atoms with Gasteiger partial charge in [0.25, 0.3) is 0 Å². The van der Waals surface area contributed by atoms with Gasteiger partial charge in [0.05, 0.1) is 6.54 Å². The molecule has 2 aliphatic rings. The molecule has 168 valence electrons. The highest BCUT2D eigenvalue weighted by atomic mass is 16.4. The van der Waals surface area contributed by atoms with Crippen molar-refractivity contribution in [3.05, 3.63) is 0 Å². The lowest BCUT2D eigenvalue weighted by Gasteiger charge is -2.32. The third-order valence-electron chi connectivity index (χ3n) is 5.41. The Hall–Kier alpha value is -2.89. The summed E-state index contributed by atoms with van der Waals surface area (Å²) < 4.78 is 0. The van der Waals surface area contributed by atoms with Crippen LogP contribution in [0.2, 0.25) is 0 Å². The van der Waals surface area contributed by atoms with Crippen molar-refractivity contribution in [2.75, 3.05) is 26.2 Å². The summed E-state index contributed by atoms with van der Waals surface area (Å²) in [4.78, 5) is 56.1. The number of nitrogens with zero attached hydrogens (tertiary/aromatic N) is 3. The van der Waals surface area contributed by atoms with Gasteiger partial charge in [0.1, 0.15) is 18.1 Å². The molecule has 8 N–H and O–H groups in total. The molecule has 2 aliphatic heterocycles. The number of likely N-dealkylation sites (tertiary alicyclic amines) is 2. The molecule has 2 rings (SSSR count). The van der Waals surface area contributed by atoms with Crippen molar-refractivity contribution in [1.29, 1.82) is 0 Å². The molecule has 2 saturated heterocycles. The van der Waals surface area contributed by atoms with Gasteiger partial charge in [0, 0.05) is 19.6 Å². The molecule has 12 heteroatoms. The Labute approximate surface area is 174 Å². The van der Waals surface area contributed by atoms with Gasteiger partial charge >= 0.3 is 5.97 Å². The van der Waals surface area contributed by atoms with E-state index >= 15 is 0 Å². The van der Waals surface area contributed by atoms with Crippen LogP contribution in [-0.2, 0) is 19.2 Å². The number of carboxylic acids is 1. The van der Waals surface area contributed by atoms with E-state index in [1.165, 1.54) is 9.80 Å². The number of rotatable bonds is 9. The number of hydrogen-bond donors (Lipinski definition) is 5. The number of nitrogens with two attached hydrogens (primary N) is 3. The maximum atomic E-state index is 13.2. The SMILES string of the molecule is NCC(=O)NC(CCCN=C(N)N)C(=O)N1CCCC1C(=O)N1CCCC1C(=O)O. The first-order chi connectivity index (χ1) is 14.3. The summed E-state index contributed by atoms with van der Waals surface area (Å²) in [5, 5.41) is 12.0.